The van der Waals surface area contributed by atoms with Crippen LogP contribution >= 0.6 is 33.4 Å². The summed E-state index contributed by atoms with van der Waals surface area (Å²) in [5.74, 6) is 0. The molecular weight excluding hydrogens is 143 g/mol. The first kappa shape index (κ1) is 6.65. The van der Waals surface area contributed by atoms with Crippen molar-refractivity contribution in [3.05, 3.63) is 0 Å². The van der Waals surface area contributed by atoms with E-state index in [1.54, 1.807) is 0 Å². The zero-order valence-corrected chi connectivity index (χ0v) is 6.68. The maximum absolute atomic E-state index is 11.1. The predicted molar refractivity (Wildman–Crippen MR) is 35.8 cm³/mol. The molecular formula is H5FP4. The van der Waals surface area contributed by atoms with Crippen LogP contribution in [0.2, 0.25) is 0 Å². The summed E-state index contributed by atoms with van der Waals surface area (Å²) in [7, 11) is 4.40. The third kappa shape index (κ3) is 5.65. The van der Waals surface area contributed by atoms with Crippen LogP contribution in [0.5, 0.6) is 0 Å². The van der Waals surface area contributed by atoms with E-state index in [1.807, 2.05) is 0 Å². The summed E-state index contributed by atoms with van der Waals surface area (Å²) in [6, 6.07) is 0. The minimum atomic E-state index is -0.404. The molecule has 0 amide bonds. The van der Waals surface area contributed by atoms with Gasteiger partial charge in [0.05, 0.1) is 8.58 Å². The van der Waals surface area contributed by atoms with E-state index in [2.05, 4.69) is 17.9 Å². The van der Waals surface area contributed by atoms with Gasteiger partial charge in [-0.3, -0.25) is 0 Å². The van der Waals surface area contributed by atoms with Gasteiger partial charge in [0.2, 0.25) is 0 Å². The molecule has 5 heavy (non-hydrogen) atoms. The van der Waals surface area contributed by atoms with E-state index in [-0.39, 0.29) is 0 Å². The van der Waals surface area contributed by atoms with Crippen molar-refractivity contribution in [1.82, 2.24) is 0 Å². The Hall–Kier alpha value is 1.65. The van der Waals surface area contributed by atoms with Crippen molar-refractivity contribution in [1.29, 1.82) is 0 Å². The molecule has 5 heteroatoms. The zero-order valence-electron chi connectivity index (χ0n) is 2.48. The van der Waals surface area contributed by atoms with E-state index in [9.17, 15) is 4.20 Å². The lowest BCUT2D eigenvalue weighted by molar-refractivity contribution is 0.936. The number of hydrogen-bond acceptors (Lipinski definition) is 0. The maximum atomic E-state index is 11.1. The molecule has 0 heterocycles. The summed E-state index contributed by atoms with van der Waals surface area (Å²) < 4.78 is 11.1. The van der Waals surface area contributed by atoms with Crippen LogP contribution in [0.15, 0.2) is 0 Å². The van der Waals surface area contributed by atoms with Gasteiger partial charge in [-0.15, -0.1) is 17.9 Å². The Labute approximate surface area is 38.4 Å². The highest BCUT2D eigenvalue weighted by molar-refractivity contribution is 8.68. The number of hydrogen-bond donors (Lipinski definition) is 0. The standard InChI is InChI=1S/FH5P4/c1-4-5(2)3/h4H,2-3H2. The summed E-state index contributed by atoms with van der Waals surface area (Å²) >= 11 is 0. The summed E-state index contributed by atoms with van der Waals surface area (Å²) in [5.41, 5.74) is 0. The van der Waals surface area contributed by atoms with Crippen LogP contribution in [0.25, 0.3) is 0 Å². The molecule has 0 aliphatic carbocycles. The van der Waals surface area contributed by atoms with Gasteiger partial charge in [-0.05, 0) is 6.99 Å². The molecule has 0 aliphatic rings. The molecule has 0 aromatic carbocycles. The lowest BCUT2D eigenvalue weighted by atomic mass is 18.9. The Morgan fingerprint density at radius 3 is 1.80 bits per heavy atom. The third-order valence-corrected chi connectivity index (χ3v) is 2.63. The molecule has 0 aliphatic heterocycles. The van der Waals surface area contributed by atoms with Crippen molar-refractivity contribution in [3.8, 4) is 0 Å². The molecule has 0 bridgehead atoms. The monoisotopic (exact) mass is 148 g/mol. The normalized spacial score (nSPS) is 12.0. The van der Waals surface area contributed by atoms with Gasteiger partial charge in [0.1, 0.15) is 0 Å². The molecule has 0 fully saturated rings. The first-order valence-corrected chi connectivity index (χ1v) is 7.23. The fraction of sp³-hybridized carbons (Fsp3) is 0. The van der Waals surface area contributed by atoms with Gasteiger partial charge in [-0.25, -0.2) is 4.20 Å². The topological polar surface area (TPSA) is 0 Å². The van der Waals surface area contributed by atoms with Gasteiger partial charge in [-0.1, -0.05) is 0 Å². The van der Waals surface area contributed by atoms with Crippen molar-refractivity contribution in [2.75, 3.05) is 0 Å². The van der Waals surface area contributed by atoms with Gasteiger partial charge < -0.3 is 0 Å². The quantitative estimate of drug-likeness (QED) is 0.501. The fourth-order valence-electron chi connectivity index (χ4n) is 0. The van der Waals surface area contributed by atoms with E-state index in [0.29, 0.717) is 0 Å². The number of halogens is 1. The van der Waals surface area contributed by atoms with Crippen molar-refractivity contribution >= 4 is 33.4 Å². The Bertz CT molecular complexity index is 17.6. The Morgan fingerprint density at radius 2 is 1.80 bits per heavy atom. The molecule has 32 valence electrons. The van der Waals surface area contributed by atoms with Crippen LogP contribution in [-0.4, -0.2) is 0 Å². The molecule has 0 spiro atoms. The second-order valence-electron chi connectivity index (χ2n) is 0.492. The molecule has 0 radical (unpaired) electrons. The van der Waals surface area contributed by atoms with Gasteiger partial charge in [0, 0.05) is 0 Å². The molecule has 0 saturated carbocycles. The molecule has 0 N–H and O–H groups in total. The largest absolute Gasteiger partial charge is 0.225 e. The summed E-state index contributed by atoms with van der Waals surface area (Å²) in [6.45, 7) is -0.404. The fourth-order valence-corrected chi connectivity index (χ4v) is 0. The third-order valence-electron chi connectivity index (χ3n) is 0.0976. The first-order chi connectivity index (χ1) is 2.27. The van der Waals surface area contributed by atoms with Gasteiger partial charge in [0.15, 0.2) is 0 Å². The zero-order chi connectivity index (χ0) is 4.28. The molecule has 3 atom stereocenters. The lowest BCUT2D eigenvalue weighted by Crippen LogP contribution is -1.03. The Kier molecular flexibility index (Phi) is 5.09. The SMILES string of the molecule is FPP(P)P. The average molecular weight is 148 g/mol. The predicted octanol–water partition coefficient (Wildman–Crippen LogP) is 2.53. The van der Waals surface area contributed by atoms with Crippen LogP contribution in [0.1, 0.15) is 0 Å². The van der Waals surface area contributed by atoms with E-state index < -0.39 is 15.6 Å². The van der Waals surface area contributed by atoms with E-state index in [4.69, 9.17) is 0 Å². The van der Waals surface area contributed by atoms with Gasteiger partial charge in [0.25, 0.3) is 0 Å². The molecule has 0 rings (SSSR count). The highest BCUT2D eigenvalue weighted by Crippen LogP contribution is 2.68. The molecule has 0 nitrogen and oxygen atoms in total. The van der Waals surface area contributed by atoms with Crippen LogP contribution in [-0.2, 0) is 0 Å². The minimum Gasteiger partial charge on any atom is -0.225 e. The molecule has 0 aromatic rings. The second-order valence-corrected chi connectivity index (χ2v) is 11.8. The highest BCUT2D eigenvalue weighted by atomic mass is 32.7. The average Bonchev–Trinajstić information content (AvgIpc) is 1.38. The van der Waals surface area contributed by atoms with Crippen molar-refractivity contribution in [2.45, 2.75) is 0 Å². The first-order valence-electron chi connectivity index (χ1n) is 0.929. The molecule has 0 aromatic heterocycles. The van der Waals surface area contributed by atoms with Gasteiger partial charge in [-0.2, -0.15) is 0 Å². The van der Waals surface area contributed by atoms with Crippen LogP contribution in [0.4, 0.5) is 4.20 Å². The summed E-state index contributed by atoms with van der Waals surface area (Å²) in [6.07, 6.45) is 0. The van der Waals surface area contributed by atoms with Gasteiger partial charge >= 0.3 is 0 Å². The van der Waals surface area contributed by atoms with Crippen molar-refractivity contribution < 1.29 is 4.20 Å². The van der Waals surface area contributed by atoms with Crippen molar-refractivity contribution in [3.63, 3.8) is 0 Å². The van der Waals surface area contributed by atoms with E-state index >= 15 is 0 Å². The van der Waals surface area contributed by atoms with E-state index in [1.165, 1.54) is 0 Å². The maximum Gasteiger partial charge on any atom is 0.0988 e. The summed E-state index contributed by atoms with van der Waals surface area (Å²) in [5, 5.41) is 0. The Balaban J connectivity index is 2.54. The smallest absolute Gasteiger partial charge is 0.0988 e. The molecule has 3 unspecified atom stereocenters. The highest BCUT2D eigenvalue weighted by Gasteiger charge is 1.83. The van der Waals surface area contributed by atoms with Crippen LogP contribution in [0, 0.1) is 0 Å². The second kappa shape index (κ2) is 3.83. The lowest BCUT2D eigenvalue weighted by Gasteiger charge is -1.87. The summed E-state index contributed by atoms with van der Waals surface area (Å²) in [4.78, 5) is 0. The van der Waals surface area contributed by atoms with Crippen LogP contribution < -0.4 is 0 Å². The Morgan fingerprint density at radius 1 is 1.60 bits per heavy atom. The van der Waals surface area contributed by atoms with E-state index in [0.717, 1.165) is 0 Å². The molecule has 0 saturated heterocycles. The van der Waals surface area contributed by atoms with Crippen LogP contribution in [0.3, 0.4) is 0 Å². The van der Waals surface area contributed by atoms with Crippen molar-refractivity contribution in [2.24, 2.45) is 0 Å². The number of rotatable bonds is 1. The minimum absolute atomic E-state index is 0.395.